The normalized spacial score (nSPS) is 13.4. The van der Waals surface area contributed by atoms with Crippen molar-refractivity contribution in [1.29, 1.82) is 0 Å². The van der Waals surface area contributed by atoms with E-state index < -0.39 is 11.7 Å². The Morgan fingerprint density at radius 3 is 2.28 bits per heavy atom. The number of likely N-dealkylation sites (N-methyl/N-ethyl adjacent to an activating group) is 1. The van der Waals surface area contributed by atoms with Gasteiger partial charge in [-0.1, -0.05) is 0 Å². The fourth-order valence-corrected chi connectivity index (χ4v) is 1.46. The van der Waals surface area contributed by atoms with Gasteiger partial charge >= 0.3 is 6.18 Å². The van der Waals surface area contributed by atoms with Crippen molar-refractivity contribution < 1.29 is 22.6 Å². The molecular weight excluding hydrogens is 247 g/mol. The molecule has 0 aromatic heterocycles. The smallest absolute Gasteiger partial charge is 0.416 e. The van der Waals surface area contributed by atoms with Crippen molar-refractivity contribution in [2.45, 2.75) is 12.3 Å². The standard InChI is InChI=1S/C12H16F3NO2/c1-16-7-11(8-17-2)18-10-5-3-9(4-6-10)12(13,14)15/h3-6,11,16H,7-8H2,1-2H3. The van der Waals surface area contributed by atoms with Crippen LogP contribution in [0.15, 0.2) is 24.3 Å². The summed E-state index contributed by atoms with van der Waals surface area (Å²) in [4.78, 5) is 0. The lowest BCUT2D eigenvalue weighted by molar-refractivity contribution is -0.137. The second-order valence-corrected chi connectivity index (χ2v) is 3.78. The Hall–Kier alpha value is -1.27. The molecule has 0 bridgehead atoms. The van der Waals surface area contributed by atoms with Crippen LogP contribution in [-0.4, -0.2) is 33.4 Å². The minimum atomic E-state index is -4.32. The van der Waals surface area contributed by atoms with E-state index in [2.05, 4.69) is 5.32 Å². The number of nitrogens with one attached hydrogen (secondary N) is 1. The van der Waals surface area contributed by atoms with E-state index >= 15 is 0 Å². The molecule has 0 aliphatic carbocycles. The number of hydrogen-bond acceptors (Lipinski definition) is 3. The van der Waals surface area contributed by atoms with Crippen LogP contribution in [0, 0.1) is 0 Å². The van der Waals surface area contributed by atoms with E-state index in [1.807, 2.05) is 0 Å². The van der Waals surface area contributed by atoms with Crippen LogP contribution in [-0.2, 0) is 10.9 Å². The molecule has 0 spiro atoms. The van der Waals surface area contributed by atoms with Crippen LogP contribution >= 0.6 is 0 Å². The molecule has 0 fully saturated rings. The average Bonchev–Trinajstić information content (AvgIpc) is 2.29. The number of hydrogen-bond donors (Lipinski definition) is 1. The Bertz CT molecular complexity index is 345. The van der Waals surface area contributed by atoms with Gasteiger partial charge < -0.3 is 14.8 Å². The summed E-state index contributed by atoms with van der Waals surface area (Å²) in [6.07, 6.45) is -4.56. The van der Waals surface area contributed by atoms with E-state index in [0.29, 0.717) is 18.9 Å². The molecule has 1 unspecified atom stereocenters. The molecule has 1 aromatic carbocycles. The van der Waals surface area contributed by atoms with Crippen LogP contribution in [0.3, 0.4) is 0 Å². The Morgan fingerprint density at radius 2 is 1.83 bits per heavy atom. The predicted octanol–water partition coefficient (Wildman–Crippen LogP) is 2.32. The van der Waals surface area contributed by atoms with Gasteiger partial charge in [0.15, 0.2) is 0 Å². The first-order chi connectivity index (χ1) is 8.47. The maximum Gasteiger partial charge on any atom is 0.416 e. The third-order valence-electron chi connectivity index (χ3n) is 2.27. The highest BCUT2D eigenvalue weighted by Crippen LogP contribution is 2.30. The number of benzene rings is 1. The van der Waals surface area contributed by atoms with Crippen LogP contribution in [0.2, 0.25) is 0 Å². The van der Waals surface area contributed by atoms with E-state index in [1.54, 1.807) is 14.2 Å². The summed E-state index contributed by atoms with van der Waals surface area (Å²) in [5.41, 5.74) is -0.688. The second-order valence-electron chi connectivity index (χ2n) is 3.78. The second kappa shape index (κ2) is 6.61. The van der Waals surface area contributed by atoms with Gasteiger partial charge in [-0.2, -0.15) is 13.2 Å². The molecule has 0 radical (unpaired) electrons. The van der Waals surface area contributed by atoms with Gasteiger partial charge in [-0.25, -0.2) is 0 Å². The lowest BCUT2D eigenvalue weighted by Gasteiger charge is -2.18. The van der Waals surface area contributed by atoms with E-state index in [0.717, 1.165) is 12.1 Å². The number of halogens is 3. The zero-order valence-corrected chi connectivity index (χ0v) is 10.3. The summed E-state index contributed by atoms with van der Waals surface area (Å²) in [6.45, 7) is 0.913. The Labute approximate surface area is 104 Å². The lowest BCUT2D eigenvalue weighted by Crippen LogP contribution is -2.33. The van der Waals surface area contributed by atoms with Gasteiger partial charge in [0.25, 0.3) is 0 Å². The fraction of sp³-hybridized carbons (Fsp3) is 0.500. The summed E-state index contributed by atoms with van der Waals surface area (Å²) in [5.74, 6) is 0.389. The number of methoxy groups -OCH3 is 1. The van der Waals surface area contributed by atoms with Crippen molar-refractivity contribution >= 4 is 0 Å². The SMILES string of the molecule is CNCC(COC)Oc1ccc(C(F)(F)F)cc1. The monoisotopic (exact) mass is 263 g/mol. The molecule has 0 heterocycles. The highest BCUT2D eigenvalue weighted by molar-refractivity contribution is 5.29. The number of rotatable bonds is 6. The third kappa shape index (κ3) is 4.54. The van der Waals surface area contributed by atoms with Crippen LogP contribution < -0.4 is 10.1 Å². The van der Waals surface area contributed by atoms with Gasteiger partial charge in [-0.05, 0) is 31.3 Å². The average molecular weight is 263 g/mol. The molecule has 0 amide bonds. The molecule has 0 saturated carbocycles. The summed E-state index contributed by atoms with van der Waals surface area (Å²) < 4.78 is 47.5. The predicted molar refractivity (Wildman–Crippen MR) is 61.7 cm³/mol. The first-order valence-electron chi connectivity index (χ1n) is 5.45. The zero-order valence-electron chi connectivity index (χ0n) is 10.3. The Balaban J connectivity index is 2.67. The fourth-order valence-electron chi connectivity index (χ4n) is 1.46. The summed E-state index contributed by atoms with van der Waals surface area (Å²) in [5, 5.41) is 2.92. The van der Waals surface area contributed by atoms with Gasteiger partial charge in [-0.3, -0.25) is 0 Å². The van der Waals surface area contributed by atoms with E-state index in [4.69, 9.17) is 9.47 Å². The van der Waals surface area contributed by atoms with Gasteiger partial charge in [0, 0.05) is 13.7 Å². The van der Waals surface area contributed by atoms with Crippen molar-refractivity contribution in [1.82, 2.24) is 5.32 Å². The maximum atomic E-state index is 12.4. The quantitative estimate of drug-likeness (QED) is 0.854. The van der Waals surface area contributed by atoms with Crippen LogP contribution in [0.5, 0.6) is 5.75 Å². The first-order valence-corrected chi connectivity index (χ1v) is 5.45. The minimum absolute atomic E-state index is 0.239. The van der Waals surface area contributed by atoms with Gasteiger partial charge in [0.05, 0.1) is 12.2 Å². The molecule has 102 valence electrons. The summed E-state index contributed by atoms with van der Waals surface area (Å²) in [7, 11) is 3.30. The molecule has 1 atom stereocenters. The van der Waals surface area contributed by atoms with Crippen molar-refractivity contribution in [3.8, 4) is 5.75 Å². The largest absolute Gasteiger partial charge is 0.487 e. The van der Waals surface area contributed by atoms with Crippen LogP contribution in [0.25, 0.3) is 0 Å². The molecule has 3 nitrogen and oxygen atoms in total. The Morgan fingerprint density at radius 1 is 1.22 bits per heavy atom. The Kier molecular flexibility index (Phi) is 5.43. The molecule has 0 aliphatic rings. The number of ether oxygens (including phenoxy) is 2. The van der Waals surface area contributed by atoms with Gasteiger partial charge in [0.1, 0.15) is 11.9 Å². The van der Waals surface area contributed by atoms with E-state index in [9.17, 15) is 13.2 Å². The van der Waals surface area contributed by atoms with Crippen molar-refractivity contribution in [2.75, 3.05) is 27.3 Å². The molecule has 18 heavy (non-hydrogen) atoms. The van der Waals surface area contributed by atoms with Crippen molar-refractivity contribution in [2.24, 2.45) is 0 Å². The first kappa shape index (κ1) is 14.8. The maximum absolute atomic E-state index is 12.4. The topological polar surface area (TPSA) is 30.5 Å². The third-order valence-corrected chi connectivity index (χ3v) is 2.27. The molecule has 0 aliphatic heterocycles. The zero-order chi connectivity index (χ0) is 13.6. The number of alkyl halides is 3. The molecule has 6 heteroatoms. The highest BCUT2D eigenvalue weighted by atomic mass is 19.4. The van der Waals surface area contributed by atoms with Gasteiger partial charge in [0.2, 0.25) is 0 Å². The lowest BCUT2D eigenvalue weighted by atomic mass is 10.2. The summed E-state index contributed by atoms with van der Waals surface area (Å²) in [6, 6.07) is 4.61. The van der Waals surface area contributed by atoms with E-state index in [1.165, 1.54) is 12.1 Å². The van der Waals surface area contributed by atoms with Crippen LogP contribution in [0.1, 0.15) is 5.56 Å². The molecule has 1 rings (SSSR count). The van der Waals surface area contributed by atoms with Gasteiger partial charge in [-0.15, -0.1) is 0 Å². The van der Waals surface area contributed by atoms with Crippen LogP contribution in [0.4, 0.5) is 13.2 Å². The molecule has 1 N–H and O–H groups in total. The minimum Gasteiger partial charge on any atom is -0.487 e. The van der Waals surface area contributed by atoms with Crippen molar-refractivity contribution in [3.05, 3.63) is 29.8 Å². The molecule has 0 saturated heterocycles. The summed E-state index contributed by atoms with van der Waals surface area (Å²) >= 11 is 0. The highest BCUT2D eigenvalue weighted by Gasteiger charge is 2.30. The molecule has 1 aromatic rings. The van der Waals surface area contributed by atoms with Crippen molar-refractivity contribution in [3.63, 3.8) is 0 Å². The molecular formula is C12H16F3NO2. The van der Waals surface area contributed by atoms with E-state index in [-0.39, 0.29) is 6.10 Å².